The summed E-state index contributed by atoms with van der Waals surface area (Å²) in [6.07, 6.45) is 1.50. The van der Waals surface area contributed by atoms with Gasteiger partial charge in [0.2, 0.25) is 0 Å². The van der Waals surface area contributed by atoms with E-state index in [0.717, 1.165) is 12.1 Å². The maximum atomic E-state index is 13.2. The van der Waals surface area contributed by atoms with E-state index in [2.05, 4.69) is 5.32 Å². The zero-order valence-corrected chi connectivity index (χ0v) is 12.2. The molecule has 3 rings (SSSR count). The number of furan rings is 1. The third-order valence-corrected chi connectivity index (χ3v) is 3.57. The molecule has 112 valence electrons. The summed E-state index contributed by atoms with van der Waals surface area (Å²) < 4.78 is 31.7. The first-order chi connectivity index (χ1) is 10.5. The average molecular weight is 320 g/mol. The summed E-state index contributed by atoms with van der Waals surface area (Å²) in [4.78, 5) is 13.2. The van der Waals surface area contributed by atoms with Gasteiger partial charge in [0.15, 0.2) is 16.7 Å². The van der Waals surface area contributed by atoms with Crippen molar-refractivity contribution in [2.45, 2.75) is 0 Å². The topological polar surface area (TPSA) is 45.5 Å². The van der Waals surface area contributed by atoms with Crippen LogP contribution in [0.5, 0.6) is 0 Å². The number of benzene rings is 1. The minimum Gasteiger partial charge on any atom is -0.457 e. The van der Waals surface area contributed by atoms with Crippen LogP contribution in [0.4, 0.5) is 8.78 Å². The van der Waals surface area contributed by atoms with E-state index in [9.17, 15) is 13.6 Å². The van der Waals surface area contributed by atoms with Crippen LogP contribution in [0.2, 0.25) is 0 Å². The second kappa shape index (κ2) is 5.34. The van der Waals surface area contributed by atoms with Crippen LogP contribution in [0.25, 0.3) is 17.4 Å². The summed E-state index contributed by atoms with van der Waals surface area (Å²) in [6.45, 7) is 0. The molecule has 1 aliphatic heterocycles. The van der Waals surface area contributed by atoms with E-state index >= 15 is 0 Å². The van der Waals surface area contributed by atoms with Crippen molar-refractivity contribution in [1.29, 1.82) is 0 Å². The predicted octanol–water partition coefficient (Wildman–Crippen LogP) is 2.91. The minimum atomic E-state index is -0.951. The fraction of sp³-hybridized carbons (Fsp3) is 0.0667. The van der Waals surface area contributed by atoms with E-state index in [1.165, 1.54) is 17.0 Å². The second-order valence-corrected chi connectivity index (χ2v) is 5.07. The fourth-order valence-electron chi connectivity index (χ4n) is 2.00. The monoisotopic (exact) mass is 320 g/mol. The largest absolute Gasteiger partial charge is 0.457 e. The third kappa shape index (κ3) is 2.50. The number of nitrogens with one attached hydrogen (secondary N) is 1. The van der Waals surface area contributed by atoms with E-state index in [0.29, 0.717) is 27.9 Å². The molecule has 1 saturated heterocycles. The lowest BCUT2D eigenvalue weighted by atomic mass is 10.1. The van der Waals surface area contributed by atoms with Crippen LogP contribution in [-0.4, -0.2) is 23.0 Å². The van der Waals surface area contributed by atoms with Crippen molar-refractivity contribution in [2.24, 2.45) is 0 Å². The molecule has 1 N–H and O–H groups in total. The number of nitrogens with zero attached hydrogens (tertiary/aromatic N) is 1. The van der Waals surface area contributed by atoms with Gasteiger partial charge in [-0.3, -0.25) is 9.69 Å². The Hall–Kier alpha value is -2.54. The van der Waals surface area contributed by atoms with E-state index in [4.69, 9.17) is 16.6 Å². The molecule has 0 atom stereocenters. The van der Waals surface area contributed by atoms with Gasteiger partial charge in [-0.1, -0.05) is 0 Å². The number of rotatable bonds is 2. The first-order valence-electron chi connectivity index (χ1n) is 6.31. The molecule has 2 aromatic rings. The summed E-state index contributed by atoms with van der Waals surface area (Å²) in [5.41, 5.74) is 0.695. The molecule has 0 radical (unpaired) electrons. The van der Waals surface area contributed by atoms with E-state index in [1.54, 1.807) is 19.2 Å². The van der Waals surface area contributed by atoms with Gasteiger partial charge in [-0.2, -0.15) is 0 Å². The van der Waals surface area contributed by atoms with Crippen LogP contribution in [0.3, 0.4) is 0 Å². The molecule has 1 aromatic carbocycles. The highest BCUT2D eigenvalue weighted by molar-refractivity contribution is 7.80. The molecule has 0 saturated carbocycles. The Bertz CT molecular complexity index is 814. The molecule has 7 heteroatoms. The van der Waals surface area contributed by atoms with Gasteiger partial charge < -0.3 is 9.73 Å². The van der Waals surface area contributed by atoms with Crippen molar-refractivity contribution in [1.82, 2.24) is 10.2 Å². The van der Waals surface area contributed by atoms with Gasteiger partial charge in [0.05, 0.1) is 0 Å². The number of amides is 1. The van der Waals surface area contributed by atoms with Crippen molar-refractivity contribution in [3.63, 3.8) is 0 Å². The van der Waals surface area contributed by atoms with Gasteiger partial charge in [-0.05, 0) is 42.5 Å². The SMILES string of the molecule is CN1C(=O)/C(=C\c2ccc(-c3ccc(F)c(F)c3)o2)NC1=S. The Balaban J connectivity index is 1.90. The number of hydrogen-bond donors (Lipinski definition) is 1. The molecular formula is C15H10F2N2O2S. The number of likely N-dealkylation sites (N-methyl/N-ethyl adjacent to an activating group) is 1. The summed E-state index contributed by atoms with van der Waals surface area (Å²) in [5.74, 6) is -1.38. The van der Waals surface area contributed by atoms with Gasteiger partial charge >= 0.3 is 0 Å². The molecule has 4 nitrogen and oxygen atoms in total. The molecule has 0 bridgehead atoms. The van der Waals surface area contributed by atoms with Crippen molar-refractivity contribution in [3.05, 3.63) is 53.4 Å². The van der Waals surface area contributed by atoms with Gasteiger partial charge in [0.1, 0.15) is 17.2 Å². The molecule has 22 heavy (non-hydrogen) atoms. The van der Waals surface area contributed by atoms with Crippen molar-refractivity contribution in [2.75, 3.05) is 7.05 Å². The minimum absolute atomic E-state index is 0.268. The lowest BCUT2D eigenvalue weighted by Crippen LogP contribution is -2.25. The molecular weight excluding hydrogens is 310 g/mol. The number of hydrogen-bond acceptors (Lipinski definition) is 3. The average Bonchev–Trinajstić information content (AvgIpc) is 3.04. The lowest BCUT2D eigenvalue weighted by Gasteiger charge is -2.02. The maximum Gasteiger partial charge on any atom is 0.276 e. The summed E-state index contributed by atoms with van der Waals surface area (Å²) >= 11 is 4.97. The van der Waals surface area contributed by atoms with Gasteiger partial charge in [-0.25, -0.2) is 8.78 Å². The summed E-state index contributed by atoms with van der Waals surface area (Å²) in [7, 11) is 1.56. The zero-order valence-electron chi connectivity index (χ0n) is 11.4. The highest BCUT2D eigenvalue weighted by atomic mass is 32.1. The van der Waals surface area contributed by atoms with Crippen LogP contribution < -0.4 is 5.32 Å². The van der Waals surface area contributed by atoms with Crippen LogP contribution in [-0.2, 0) is 4.79 Å². The van der Waals surface area contributed by atoms with Crippen molar-refractivity contribution < 1.29 is 18.0 Å². The molecule has 0 aliphatic carbocycles. The van der Waals surface area contributed by atoms with Gasteiger partial charge in [0, 0.05) is 18.7 Å². The Morgan fingerprint density at radius 3 is 2.64 bits per heavy atom. The number of halogens is 2. The van der Waals surface area contributed by atoms with Crippen molar-refractivity contribution >= 4 is 29.3 Å². The highest BCUT2D eigenvalue weighted by Crippen LogP contribution is 2.25. The third-order valence-electron chi connectivity index (χ3n) is 3.20. The van der Waals surface area contributed by atoms with Gasteiger partial charge in [0.25, 0.3) is 5.91 Å². The first kappa shape index (κ1) is 14.4. The maximum absolute atomic E-state index is 13.2. The fourth-order valence-corrected chi connectivity index (χ4v) is 2.19. The molecule has 1 fully saturated rings. The Morgan fingerprint density at radius 2 is 2.00 bits per heavy atom. The van der Waals surface area contributed by atoms with E-state index < -0.39 is 11.6 Å². The van der Waals surface area contributed by atoms with Gasteiger partial charge in [-0.15, -0.1) is 0 Å². The standard InChI is InChI=1S/C15H10F2N2O2S/c1-19-14(20)12(18-15(19)22)7-9-3-5-13(21-9)8-2-4-10(16)11(17)6-8/h2-7H,1H3,(H,18,22)/b12-7+. The predicted molar refractivity (Wildman–Crippen MR) is 80.5 cm³/mol. The Morgan fingerprint density at radius 1 is 1.23 bits per heavy atom. The normalized spacial score (nSPS) is 16.5. The smallest absolute Gasteiger partial charge is 0.276 e. The molecule has 1 aromatic heterocycles. The van der Waals surface area contributed by atoms with E-state index in [-0.39, 0.29) is 5.91 Å². The number of carbonyl (C=O) groups is 1. The highest BCUT2D eigenvalue weighted by Gasteiger charge is 2.27. The van der Waals surface area contributed by atoms with E-state index in [1.807, 2.05) is 0 Å². The quantitative estimate of drug-likeness (QED) is 0.683. The van der Waals surface area contributed by atoms with Crippen LogP contribution in [0.15, 0.2) is 40.4 Å². The first-order valence-corrected chi connectivity index (χ1v) is 6.72. The molecule has 0 unspecified atom stereocenters. The number of carbonyl (C=O) groups excluding carboxylic acids is 1. The van der Waals surface area contributed by atoms with Crippen LogP contribution in [0, 0.1) is 11.6 Å². The lowest BCUT2D eigenvalue weighted by molar-refractivity contribution is -0.121. The zero-order chi connectivity index (χ0) is 15.9. The molecule has 1 amide bonds. The second-order valence-electron chi connectivity index (χ2n) is 4.68. The molecule has 0 spiro atoms. The van der Waals surface area contributed by atoms with Crippen molar-refractivity contribution in [3.8, 4) is 11.3 Å². The van der Waals surface area contributed by atoms with Crippen LogP contribution in [0.1, 0.15) is 5.76 Å². The molecule has 1 aliphatic rings. The summed E-state index contributed by atoms with van der Waals surface area (Å²) in [5, 5.41) is 3.08. The summed E-state index contributed by atoms with van der Waals surface area (Å²) in [6, 6.07) is 6.73. The Kier molecular flexibility index (Phi) is 3.50. The Labute approximate surface area is 130 Å². The number of thiocarbonyl (C=S) groups is 1. The van der Waals surface area contributed by atoms with Crippen LogP contribution >= 0.6 is 12.2 Å². The molecule has 2 heterocycles.